The molecule has 22 heavy (non-hydrogen) atoms. The van der Waals surface area contributed by atoms with Crippen molar-refractivity contribution in [2.45, 2.75) is 25.2 Å². The van der Waals surface area contributed by atoms with Crippen LogP contribution in [-0.4, -0.2) is 44.3 Å². The van der Waals surface area contributed by atoms with Crippen LogP contribution in [0, 0.1) is 29.9 Å². The summed E-state index contributed by atoms with van der Waals surface area (Å²) in [5, 5.41) is 14.4. The van der Waals surface area contributed by atoms with Crippen LogP contribution in [0.25, 0.3) is 0 Å². The highest BCUT2D eigenvalue weighted by atomic mass is 32.2. The van der Waals surface area contributed by atoms with E-state index in [1.165, 1.54) is 4.31 Å². The van der Waals surface area contributed by atoms with Crippen LogP contribution in [0.3, 0.4) is 0 Å². The molecule has 0 amide bonds. The van der Waals surface area contributed by atoms with Gasteiger partial charge in [-0.25, -0.2) is 8.42 Å². The molecule has 1 aromatic rings. The Kier molecular flexibility index (Phi) is 4.84. The van der Waals surface area contributed by atoms with Crippen molar-refractivity contribution >= 4 is 15.7 Å². The molecule has 0 radical (unpaired) electrons. The number of sulfonamides is 1. The summed E-state index contributed by atoms with van der Waals surface area (Å²) in [7, 11) is -2.03. The van der Waals surface area contributed by atoms with Crippen molar-refractivity contribution < 1.29 is 13.3 Å². The normalized spacial score (nSPS) is 19.5. The summed E-state index contributed by atoms with van der Waals surface area (Å²) in [5.41, 5.74) is 0.464. The first kappa shape index (κ1) is 16.9. The van der Waals surface area contributed by atoms with Crippen LogP contribution in [0.2, 0.25) is 0 Å². The zero-order valence-electron chi connectivity index (χ0n) is 13.0. The Morgan fingerprint density at radius 2 is 2.00 bits per heavy atom. The highest BCUT2D eigenvalue weighted by molar-refractivity contribution is 7.89. The van der Waals surface area contributed by atoms with E-state index in [1.807, 2.05) is 7.05 Å². The lowest BCUT2D eigenvalue weighted by atomic mass is 10.1. The van der Waals surface area contributed by atoms with Gasteiger partial charge in [0.1, 0.15) is 0 Å². The molecule has 0 aliphatic carbocycles. The standard InChI is InChI=1S/C14H21N3O4S/c1-10-4-5-11(2)14(13(10)17(18)19)22(20,21)16-7-6-12(9-16)8-15-3/h4-5,12,15H,6-9H2,1-3H3. The van der Waals surface area contributed by atoms with E-state index < -0.39 is 14.9 Å². The van der Waals surface area contributed by atoms with E-state index in [0.29, 0.717) is 24.2 Å². The van der Waals surface area contributed by atoms with Crippen LogP contribution in [0.4, 0.5) is 5.69 Å². The molecule has 0 bridgehead atoms. The predicted molar refractivity (Wildman–Crippen MR) is 83.4 cm³/mol. The second-order valence-electron chi connectivity index (χ2n) is 5.71. The minimum Gasteiger partial charge on any atom is -0.319 e. The molecule has 1 aromatic carbocycles. The van der Waals surface area contributed by atoms with Gasteiger partial charge >= 0.3 is 0 Å². The number of nitrogens with one attached hydrogen (secondary N) is 1. The molecule has 2 rings (SSSR count). The highest BCUT2D eigenvalue weighted by Gasteiger charge is 2.38. The molecule has 1 N–H and O–H groups in total. The molecule has 1 fully saturated rings. The molecular formula is C14H21N3O4S. The Bertz CT molecular complexity index is 688. The lowest BCUT2D eigenvalue weighted by Crippen LogP contribution is -2.31. The first-order valence-corrected chi connectivity index (χ1v) is 8.62. The molecule has 8 heteroatoms. The average molecular weight is 327 g/mol. The van der Waals surface area contributed by atoms with E-state index in [4.69, 9.17) is 0 Å². The quantitative estimate of drug-likeness (QED) is 0.652. The Hall–Kier alpha value is -1.51. The minimum absolute atomic E-state index is 0.164. The second kappa shape index (κ2) is 6.31. The van der Waals surface area contributed by atoms with Crippen LogP contribution >= 0.6 is 0 Å². The van der Waals surface area contributed by atoms with Gasteiger partial charge in [-0.05, 0) is 45.3 Å². The molecule has 122 valence electrons. The Morgan fingerprint density at radius 1 is 1.36 bits per heavy atom. The molecule has 0 aromatic heterocycles. The topological polar surface area (TPSA) is 92.6 Å². The van der Waals surface area contributed by atoms with Gasteiger partial charge in [-0.1, -0.05) is 12.1 Å². The number of nitro groups is 1. The highest BCUT2D eigenvalue weighted by Crippen LogP contribution is 2.34. The first-order valence-electron chi connectivity index (χ1n) is 7.18. The maximum atomic E-state index is 12.9. The molecular weight excluding hydrogens is 306 g/mol. The molecule has 7 nitrogen and oxygen atoms in total. The van der Waals surface area contributed by atoms with E-state index in [-0.39, 0.29) is 16.5 Å². The summed E-state index contributed by atoms with van der Waals surface area (Å²) in [5.74, 6) is 0.240. The number of nitrogens with zero attached hydrogens (tertiary/aromatic N) is 2. The van der Waals surface area contributed by atoms with E-state index in [2.05, 4.69) is 5.32 Å². The van der Waals surface area contributed by atoms with E-state index in [9.17, 15) is 18.5 Å². The van der Waals surface area contributed by atoms with Crippen molar-refractivity contribution in [1.82, 2.24) is 9.62 Å². The summed E-state index contributed by atoms with van der Waals surface area (Å²) in [4.78, 5) is 10.6. The monoisotopic (exact) mass is 327 g/mol. The van der Waals surface area contributed by atoms with E-state index >= 15 is 0 Å². The van der Waals surface area contributed by atoms with E-state index in [1.54, 1.807) is 26.0 Å². The van der Waals surface area contributed by atoms with Gasteiger partial charge in [0.15, 0.2) is 4.90 Å². The second-order valence-corrected chi connectivity index (χ2v) is 7.58. The van der Waals surface area contributed by atoms with Gasteiger partial charge < -0.3 is 5.32 Å². The smallest absolute Gasteiger partial charge is 0.292 e. The van der Waals surface area contributed by atoms with Crippen molar-refractivity contribution in [1.29, 1.82) is 0 Å². The van der Waals surface area contributed by atoms with Gasteiger partial charge in [-0.15, -0.1) is 0 Å². The predicted octanol–water partition coefficient (Wildman–Crippen LogP) is 1.44. The molecule has 1 unspecified atom stereocenters. The maximum Gasteiger partial charge on any atom is 0.292 e. The van der Waals surface area contributed by atoms with Crippen molar-refractivity contribution in [2.24, 2.45) is 5.92 Å². The molecule has 0 saturated carbocycles. The third kappa shape index (κ3) is 2.99. The van der Waals surface area contributed by atoms with Gasteiger partial charge in [0.25, 0.3) is 5.69 Å². The summed E-state index contributed by atoms with van der Waals surface area (Å²) in [6.45, 7) is 4.69. The van der Waals surface area contributed by atoms with Crippen LogP contribution in [0.1, 0.15) is 17.5 Å². The lowest BCUT2D eigenvalue weighted by Gasteiger charge is -2.18. The van der Waals surface area contributed by atoms with Gasteiger partial charge in [0.2, 0.25) is 10.0 Å². The molecule has 1 aliphatic rings. The third-order valence-corrected chi connectivity index (χ3v) is 6.09. The van der Waals surface area contributed by atoms with Crippen molar-refractivity contribution in [2.75, 3.05) is 26.7 Å². The minimum atomic E-state index is -3.85. The van der Waals surface area contributed by atoms with Crippen molar-refractivity contribution in [3.8, 4) is 0 Å². The number of nitro benzene ring substituents is 1. The molecule has 0 spiro atoms. The fourth-order valence-electron chi connectivity index (χ4n) is 2.92. The third-order valence-electron chi connectivity index (χ3n) is 4.05. The van der Waals surface area contributed by atoms with Crippen LogP contribution < -0.4 is 5.32 Å². The Balaban J connectivity index is 2.47. The summed E-state index contributed by atoms with van der Waals surface area (Å²) in [6.07, 6.45) is 0.763. The summed E-state index contributed by atoms with van der Waals surface area (Å²) < 4.78 is 27.1. The maximum absolute atomic E-state index is 12.9. The molecule has 1 atom stereocenters. The van der Waals surface area contributed by atoms with E-state index in [0.717, 1.165) is 13.0 Å². The van der Waals surface area contributed by atoms with Gasteiger partial charge in [0.05, 0.1) is 4.92 Å². The zero-order chi connectivity index (χ0) is 16.5. The zero-order valence-corrected chi connectivity index (χ0v) is 13.8. The van der Waals surface area contributed by atoms with Gasteiger partial charge in [0, 0.05) is 18.7 Å². The summed E-state index contributed by atoms with van der Waals surface area (Å²) in [6, 6.07) is 3.21. The summed E-state index contributed by atoms with van der Waals surface area (Å²) >= 11 is 0. The largest absolute Gasteiger partial charge is 0.319 e. The van der Waals surface area contributed by atoms with Crippen LogP contribution in [0.5, 0.6) is 0 Å². The Labute approximate surface area is 130 Å². The molecule has 1 heterocycles. The first-order chi connectivity index (χ1) is 10.3. The number of rotatable bonds is 5. The van der Waals surface area contributed by atoms with Gasteiger partial charge in [-0.2, -0.15) is 4.31 Å². The number of aryl methyl sites for hydroxylation is 2. The van der Waals surface area contributed by atoms with Crippen molar-refractivity contribution in [3.63, 3.8) is 0 Å². The molecule has 1 aliphatic heterocycles. The number of hydrogen-bond donors (Lipinski definition) is 1. The van der Waals surface area contributed by atoms with Crippen LogP contribution in [0.15, 0.2) is 17.0 Å². The number of benzene rings is 1. The fraction of sp³-hybridized carbons (Fsp3) is 0.571. The lowest BCUT2D eigenvalue weighted by molar-refractivity contribution is -0.388. The fourth-order valence-corrected chi connectivity index (χ4v) is 4.89. The van der Waals surface area contributed by atoms with Crippen molar-refractivity contribution in [3.05, 3.63) is 33.4 Å². The molecule has 1 saturated heterocycles. The number of hydrogen-bond acceptors (Lipinski definition) is 5. The average Bonchev–Trinajstić information content (AvgIpc) is 2.90. The van der Waals surface area contributed by atoms with Crippen LogP contribution in [-0.2, 0) is 10.0 Å². The Morgan fingerprint density at radius 3 is 2.59 bits per heavy atom. The SMILES string of the molecule is CNCC1CCN(S(=O)(=O)c2c(C)ccc(C)c2[N+](=O)[O-])C1. The van der Waals surface area contributed by atoms with Gasteiger partial charge in [-0.3, -0.25) is 10.1 Å².